The van der Waals surface area contributed by atoms with E-state index < -0.39 is 11.4 Å². The molecule has 6 heteroatoms. The van der Waals surface area contributed by atoms with Crippen molar-refractivity contribution in [1.29, 1.82) is 0 Å². The summed E-state index contributed by atoms with van der Waals surface area (Å²) in [6, 6.07) is 0. The summed E-state index contributed by atoms with van der Waals surface area (Å²) in [4.78, 5) is 25.1. The number of carbonyl (C=O) groups excluding carboxylic acids is 1. The Balaban J connectivity index is 2.04. The monoisotopic (exact) mass is 265 g/mol. The number of aliphatic carboxylic acids is 1. The Labute approximate surface area is 112 Å². The van der Waals surface area contributed by atoms with Gasteiger partial charge in [-0.1, -0.05) is 6.92 Å². The Morgan fingerprint density at radius 2 is 2.26 bits per heavy atom. The van der Waals surface area contributed by atoms with Crippen LogP contribution in [0.4, 0.5) is 0 Å². The first-order valence-electron chi connectivity index (χ1n) is 6.31. The lowest BCUT2D eigenvalue weighted by Crippen LogP contribution is -2.36. The van der Waals surface area contributed by atoms with Gasteiger partial charge in [0.15, 0.2) is 0 Å². The van der Waals surface area contributed by atoms with Gasteiger partial charge in [-0.15, -0.1) is 0 Å². The van der Waals surface area contributed by atoms with E-state index in [0.29, 0.717) is 6.54 Å². The van der Waals surface area contributed by atoms with Crippen molar-refractivity contribution in [3.8, 4) is 0 Å². The molecule has 1 aliphatic rings. The van der Waals surface area contributed by atoms with Gasteiger partial charge in [-0.2, -0.15) is 5.10 Å². The first kappa shape index (κ1) is 13.6. The molecule has 104 valence electrons. The number of rotatable bonds is 3. The molecule has 1 aliphatic heterocycles. The van der Waals surface area contributed by atoms with Gasteiger partial charge in [0.1, 0.15) is 0 Å². The highest BCUT2D eigenvalue weighted by atomic mass is 16.4. The van der Waals surface area contributed by atoms with Gasteiger partial charge in [0.25, 0.3) is 0 Å². The molecule has 1 aromatic heterocycles. The number of amides is 1. The van der Waals surface area contributed by atoms with Crippen molar-refractivity contribution >= 4 is 11.9 Å². The molecule has 0 radical (unpaired) electrons. The van der Waals surface area contributed by atoms with Crippen molar-refractivity contribution in [1.82, 2.24) is 14.7 Å². The molecule has 1 N–H and O–H groups in total. The van der Waals surface area contributed by atoms with Crippen molar-refractivity contribution in [2.75, 3.05) is 13.1 Å². The zero-order valence-electron chi connectivity index (χ0n) is 11.5. The van der Waals surface area contributed by atoms with E-state index in [2.05, 4.69) is 5.10 Å². The fraction of sp³-hybridized carbons (Fsp3) is 0.615. The summed E-state index contributed by atoms with van der Waals surface area (Å²) in [6.45, 7) is 4.37. The highest BCUT2D eigenvalue weighted by molar-refractivity contribution is 5.82. The second-order valence-electron chi connectivity index (χ2n) is 5.60. The molecule has 1 fully saturated rings. The van der Waals surface area contributed by atoms with Gasteiger partial charge in [0.05, 0.1) is 18.0 Å². The van der Waals surface area contributed by atoms with Gasteiger partial charge in [0.2, 0.25) is 5.91 Å². The van der Waals surface area contributed by atoms with Crippen LogP contribution in [-0.2, 0) is 23.1 Å². The molecule has 2 atom stereocenters. The number of carboxylic acid groups (broad SMARTS) is 1. The topological polar surface area (TPSA) is 75.4 Å². The second kappa shape index (κ2) is 4.68. The molecule has 6 nitrogen and oxygen atoms in total. The van der Waals surface area contributed by atoms with Gasteiger partial charge in [-0.05, 0) is 18.4 Å². The van der Waals surface area contributed by atoms with Crippen LogP contribution in [0.25, 0.3) is 0 Å². The van der Waals surface area contributed by atoms with Crippen molar-refractivity contribution in [3.05, 3.63) is 18.0 Å². The van der Waals surface area contributed by atoms with Crippen molar-refractivity contribution in [2.24, 2.45) is 18.4 Å². The maximum Gasteiger partial charge on any atom is 0.311 e. The third-order valence-electron chi connectivity index (χ3n) is 4.06. The molecular formula is C13H19N3O3. The third-order valence-corrected chi connectivity index (χ3v) is 4.06. The Kier molecular flexibility index (Phi) is 3.34. The number of hydrogen-bond acceptors (Lipinski definition) is 3. The van der Waals surface area contributed by atoms with Gasteiger partial charge >= 0.3 is 5.97 Å². The van der Waals surface area contributed by atoms with E-state index in [1.54, 1.807) is 35.9 Å². The van der Waals surface area contributed by atoms with Crippen LogP contribution in [0, 0.1) is 11.3 Å². The van der Waals surface area contributed by atoms with Crippen LogP contribution in [-0.4, -0.2) is 44.8 Å². The SMILES string of the molecule is C[C@@H]1CN(C(=O)Cc2cnn(C)c2)C[C@@]1(C)C(=O)O. The maximum atomic E-state index is 12.2. The molecule has 0 aromatic carbocycles. The summed E-state index contributed by atoms with van der Waals surface area (Å²) in [7, 11) is 1.80. The van der Waals surface area contributed by atoms with E-state index in [-0.39, 0.29) is 24.8 Å². The fourth-order valence-electron chi connectivity index (χ4n) is 2.47. The number of nitrogens with zero attached hydrogens (tertiary/aromatic N) is 3. The zero-order valence-corrected chi connectivity index (χ0v) is 11.5. The minimum Gasteiger partial charge on any atom is -0.481 e. The zero-order chi connectivity index (χ0) is 14.2. The predicted octanol–water partition coefficient (Wildman–Crippen LogP) is 0.532. The number of aryl methyl sites for hydroxylation is 1. The average Bonchev–Trinajstić information content (AvgIpc) is 2.85. The Morgan fingerprint density at radius 1 is 1.58 bits per heavy atom. The summed E-state index contributed by atoms with van der Waals surface area (Å²) < 4.78 is 1.65. The average molecular weight is 265 g/mol. The first-order valence-corrected chi connectivity index (χ1v) is 6.31. The molecule has 1 amide bonds. The van der Waals surface area contributed by atoms with Gasteiger partial charge in [0, 0.05) is 26.3 Å². The highest BCUT2D eigenvalue weighted by Gasteiger charge is 2.47. The Morgan fingerprint density at radius 3 is 2.74 bits per heavy atom. The normalized spacial score (nSPS) is 26.7. The molecule has 0 bridgehead atoms. The summed E-state index contributed by atoms with van der Waals surface area (Å²) in [5, 5.41) is 13.3. The largest absolute Gasteiger partial charge is 0.481 e. The van der Waals surface area contributed by atoms with Crippen molar-refractivity contribution < 1.29 is 14.7 Å². The van der Waals surface area contributed by atoms with E-state index >= 15 is 0 Å². The van der Waals surface area contributed by atoms with E-state index in [0.717, 1.165) is 5.56 Å². The van der Waals surface area contributed by atoms with Crippen molar-refractivity contribution in [2.45, 2.75) is 20.3 Å². The molecule has 2 rings (SSSR count). The summed E-state index contributed by atoms with van der Waals surface area (Å²) in [5.74, 6) is -0.913. The molecule has 2 heterocycles. The summed E-state index contributed by atoms with van der Waals surface area (Å²) >= 11 is 0. The smallest absolute Gasteiger partial charge is 0.311 e. The summed E-state index contributed by atoms with van der Waals surface area (Å²) in [6.07, 6.45) is 3.73. The van der Waals surface area contributed by atoms with Crippen LogP contribution in [0.1, 0.15) is 19.4 Å². The third kappa shape index (κ3) is 2.47. The lowest BCUT2D eigenvalue weighted by molar-refractivity contribution is -0.149. The number of carboxylic acids is 1. The standard InChI is InChI=1S/C13H19N3O3/c1-9-6-16(8-13(9,2)12(18)19)11(17)4-10-5-14-15(3)7-10/h5,7,9H,4,6,8H2,1-3H3,(H,18,19)/t9-,13-/m1/s1. The molecular weight excluding hydrogens is 246 g/mol. The number of hydrogen-bond donors (Lipinski definition) is 1. The van der Waals surface area contributed by atoms with Crippen LogP contribution in [0.2, 0.25) is 0 Å². The van der Waals surface area contributed by atoms with E-state index in [9.17, 15) is 14.7 Å². The van der Waals surface area contributed by atoms with Crippen LogP contribution in [0.15, 0.2) is 12.4 Å². The number of likely N-dealkylation sites (tertiary alicyclic amines) is 1. The molecule has 1 aromatic rings. The minimum atomic E-state index is -0.843. The molecule has 0 spiro atoms. The van der Waals surface area contributed by atoms with Crippen LogP contribution in [0.5, 0.6) is 0 Å². The van der Waals surface area contributed by atoms with E-state index in [1.165, 1.54) is 0 Å². The Hall–Kier alpha value is -1.85. The molecule has 19 heavy (non-hydrogen) atoms. The minimum absolute atomic E-state index is 0.0372. The van der Waals surface area contributed by atoms with Crippen LogP contribution < -0.4 is 0 Å². The molecule has 0 saturated carbocycles. The van der Waals surface area contributed by atoms with Gasteiger partial charge in [-0.3, -0.25) is 14.3 Å². The van der Waals surface area contributed by atoms with E-state index in [1.807, 2.05) is 6.92 Å². The lowest BCUT2D eigenvalue weighted by atomic mass is 9.81. The second-order valence-corrected chi connectivity index (χ2v) is 5.60. The van der Waals surface area contributed by atoms with Crippen LogP contribution in [0.3, 0.4) is 0 Å². The van der Waals surface area contributed by atoms with E-state index in [4.69, 9.17) is 0 Å². The van der Waals surface area contributed by atoms with Crippen molar-refractivity contribution in [3.63, 3.8) is 0 Å². The fourth-order valence-corrected chi connectivity index (χ4v) is 2.47. The molecule has 0 unspecified atom stereocenters. The maximum absolute atomic E-state index is 12.2. The van der Waals surface area contributed by atoms with Gasteiger partial charge < -0.3 is 10.0 Å². The number of aromatic nitrogens is 2. The highest BCUT2D eigenvalue weighted by Crippen LogP contribution is 2.35. The van der Waals surface area contributed by atoms with Crippen LogP contribution >= 0.6 is 0 Å². The quantitative estimate of drug-likeness (QED) is 0.865. The first-order chi connectivity index (χ1) is 8.83. The molecule has 1 saturated heterocycles. The molecule has 0 aliphatic carbocycles. The Bertz CT molecular complexity index is 511. The number of carbonyl (C=O) groups is 2. The predicted molar refractivity (Wildman–Crippen MR) is 68.4 cm³/mol. The lowest BCUT2D eigenvalue weighted by Gasteiger charge is -2.22. The summed E-state index contributed by atoms with van der Waals surface area (Å²) in [5.41, 5.74) is 0.00834. The van der Waals surface area contributed by atoms with Gasteiger partial charge in [-0.25, -0.2) is 0 Å².